The van der Waals surface area contributed by atoms with E-state index in [0.717, 1.165) is 5.56 Å². The summed E-state index contributed by atoms with van der Waals surface area (Å²) in [6, 6.07) is 13.6. The first-order valence-corrected chi connectivity index (χ1v) is 9.53. The van der Waals surface area contributed by atoms with Crippen LogP contribution in [0.5, 0.6) is 0 Å². The fraction of sp³-hybridized carbons (Fsp3) is 0.333. The Balaban J connectivity index is 2.06. The highest BCUT2D eigenvalue weighted by molar-refractivity contribution is 7.88. The number of hydrogen-bond acceptors (Lipinski definition) is 4. The molecule has 0 saturated heterocycles. The molecule has 1 N–H and O–H groups in total. The summed E-state index contributed by atoms with van der Waals surface area (Å²) in [7, 11) is -3.68. The smallest absolute Gasteiger partial charge is 0.258 e. The minimum Gasteiger partial charge on any atom is -0.258 e. The van der Waals surface area contributed by atoms with Crippen LogP contribution in [0.15, 0.2) is 48.5 Å². The van der Waals surface area contributed by atoms with Gasteiger partial charge in [0.15, 0.2) is 0 Å². The average molecular weight is 362 g/mol. The molecule has 0 aromatic heterocycles. The van der Waals surface area contributed by atoms with Gasteiger partial charge in [-0.25, -0.2) is 13.1 Å². The van der Waals surface area contributed by atoms with Gasteiger partial charge in [-0.15, -0.1) is 0 Å². The molecule has 0 aliphatic carbocycles. The number of nitrogens with one attached hydrogen (secondary N) is 1. The van der Waals surface area contributed by atoms with Gasteiger partial charge in [0.25, 0.3) is 5.69 Å². The van der Waals surface area contributed by atoms with Crippen molar-refractivity contribution in [2.24, 2.45) is 0 Å². The number of para-hydroxylation sites is 1. The third-order valence-electron chi connectivity index (χ3n) is 3.85. The summed E-state index contributed by atoms with van der Waals surface area (Å²) < 4.78 is 27.0. The van der Waals surface area contributed by atoms with Gasteiger partial charge in [-0.3, -0.25) is 10.1 Å². The Kier molecular flexibility index (Phi) is 5.59. The van der Waals surface area contributed by atoms with Crippen LogP contribution in [0.25, 0.3) is 0 Å². The Bertz CT molecular complexity index is 853. The van der Waals surface area contributed by atoms with Crippen molar-refractivity contribution in [2.75, 3.05) is 0 Å². The zero-order valence-corrected chi connectivity index (χ0v) is 15.3. The highest BCUT2D eigenvalue weighted by Gasteiger charge is 2.19. The fourth-order valence-corrected chi connectivity index (χ4v) is 3.52. The first kappa shape index (κ1) is 19.1. The van der Waals surface area contributed by atoms with Crippen LogP contribution < -0.4 is 4.72 Å². The van der Waals surface area contributed by atoms with E-state index < -0.39 is 20.7 Å². The second kappa shape index (κ2) is 7.33. The van der Waals surface area contributed by atoms with Crippen molar-refractivity contribution >= 4 is 15.7 Å². The Morgan fingerprint density at radius 1 is 1.04 bits per heavy atom. The minimum absolute atomic E-state index is 0.0320. The van der Waals surface area contributed by atoms with Crippen LogP contribution in [0, 0.1) is 10.1 Å². The Labute approximate surface area is 148 Å². The van der Waals surface area contributed by atoms with E-state index in [-0.39, 0.29) is 23.2 Å². The molecule has 0 fully saturated rings. The van der Waals surface area contributed by atoms with Gasteiger partial charge >= 0.3 is 0 Å². The van der Waals surface area contributed by atoms with Gasteiger partial charge in [-0.1, -0.05) is 63.2 Å². The van der Waals surface area contributed by atoms with Gasteiger partial charge in [0.1, 0.15) is 0 Å². The van der Waals surface area contributed by atoms with Crippen LogP contribution in [-0.2, 0) is 27.7 Å². The number of nitro benzene ring substituents is 1. The number of nitrogens with zero attached hydrogens (tertiary/aromatic N) is 1. The summed E-state index contributed by atoms with van der Waals surface area (Å²) in [5.74, 6) is -0.426. The maximum Gasteiger partial charge on any atom is 0.273 e. The Hall–Kier alpha value is -2.25. The first-order valence-electron chi connectivity index (χ1n) is 7.87. The van der Waals surface area contributed by atoms with Crippen LogP contribution in [0.3, 0.4) is 0 Å². The predicted octanol–water partition coefficient (Wildman–Crippen LogP) is 3.51. The zero-order chi connectivity index (χ0) is 18.7. The zero-order valence-electron chi connectivity index (χ0n) is 14.5. The maximum atomic E-state index is 12.2. The van der Waals surface area contributed by atoms with Crippen molar-refractivity contribution in [3.8, 4) is 0 Å². The Morgan fingerprint density at radius 2 is 1.64 bits per heavy atom. The molecule has 0 heterocycles. The topological polar surface area (TPSA) is 89.3 Å². The molecule has 0 unspecified atom stereocenters. The van der Waals surface area contributed by atoms with E-state index in [1.54, 1.807) is 6.07 Å². The van der Waals surface area contributed by atoms with E-state index >= 15 is 0 Å². The summed E-state index contributed by atoms with van der Waals surface area (Å²) in [6.45, 7) is 6.47. The van der Waals surface area contributed by atoms with Gasteiger partial charge in [-0.2, -0.15) is 0 Å². The van der Waals surface area contributed by atoms with E-state index in [1.807, 2.05) is 24.3 Å². The molecule has 0 saturated carbocycles. The highest BCUT2D eigenvalue weighted by Crippen LogP contribution is 2.22. The summed E-state index contributed by atoms with van der Waals surface area (Å²) >= 11 is 0. The summed E-state index contributed by atoms with van der Waals surface area (Å²) in [4.78, 5) is 10.4. The second-order valence-electron chi connectivity index (χ2n) is 6.91. The third-order valence-corrected chi connectivity index (χ3v) is 5.13. The van der Waals surface area contributed by atoms with Gasteiger partial charge in [-0.05, 0) is 16.5 Å². The number of sulfonamides is 1. The van der Waals surface area contributed by atoms with Crippen LogP contribution in [-0.4, -0.2) is 13.3 Å². The minimum atomic E-state index is -3.68. The molecule has 25 heavy (non-hydrogen) atoms. The first-order chi connectivity index (χ1) is 11.6. The number of rotatable bonds is 6. The standard InChI is InChI=1S/C18H22N2O4S/c1-18(2,3)16-10-8-14(9-11-16)12-19-25(23,24)13-15-6-4-5-7-17(15)20(21)22/h4-11,19H,12-13H2,1-3H3. The molecule has 2 aromatic carbocycles. The lowest BCUT2D eigenvalue weighted by molar-refractivity contribution is -0.385. The summed E-state index contributed by atoms with van der Waals surface area (Å²) in [5.41, 5.74) is 2.01. The average Bonchev–Trinajstić information content (AvgIpc) is 2.52. The molecule has 134 valence electrons. The van der Waals surface area contributed by atoms with E-state index in [9.17, 15) is 18.5 Å². The van der Waals surface area contributed by atoms with Gasteiger partial charge in [0.2, 0.25) is 10.0 Å². The van der Waals surface area contributed by atoms with E-state index in [2.05, 4.69) is 25.5 Å². The van der Waals surface area contributed by atoms with Crippen molar-refractivity contribution in [1.29, 1.82) is 0 Å². The number of benzene rings is 2. The SMILES string of the molecule is CC(C)(C)c1ccc(CNS(=O)(=O)Cc2ccccc2[N+](=O)[O-])cc1. The van der Waals surface area contributed by atoms with Gasteiger partial charge in [0, 0.05) is 18.2 Å². The molecular formula is C18H22N2O4S. The van der Waals surface area contributed by atoms with Crippen molar-refractivity contribution in [2.45, 2.75) is 38.5 Å². The van der Waals surface area contributed by atoms with Crippen LogP contribution in [0.1, 0.15) is 37.5 Å². The molecule has 0 radical (unpaired) electrons. The summed E-state index contributed by atoms with van der Waals surface area (Å²) in [6.07, 6.45) is 0. The van der Waals surface area contributed by atoms with Crippen molar-refractivity contribution < 1.29 is 13.3 Å². The lowest BCUT2D eigenvalue weighted by Gasteiger charge is -2.19. The summed E-state index contributed by atoms with van der Waals surface area (Å²) in [5, 5.41) is 11.0. The van der Waals surface area contributed by atoms with E-state index in [0.29, 0.717) is 0 Å². The molecule has 6 nitrogen and oxygen atoms in total. The van der Waals surface area contributed by atoms with Gasteiger partial charge < -0.3 is 0 Å². The molecule has 0 atom stereocenters. The molecule has 0 spiro atoms. The lowest BCUT2D eigenvalue weighted by Crippen LogP contribution is -2.25. The van der Waals surface area contributed by atoms with Crippen LogP contribution in [0.4, 0.5) is 5.69 Å². The Morgan fingerprint density at radius 3 is 2.20 bits per heavy atom. The molecule has 0 amide bonds. The molecule has 0 bridgehead atoms. The van der Waals surface area contributed by atoms with Crippen molar-refractivity contribution in [1.82, 2.24) is 4.72 Å². The van der Waals surface area contributed by atoms with Gasteiger partial charge in [0.05, 0.1) is 10.7 Å². The highest BCUT2D eigenvalue weighted by atomic mass is 32.2. The normalized spacial score (nSPS) is 12.1. The molecular weight excluding hydrogens is 340 g/mol. The quantitative estimate of drug-likeness (QED) is 0.629. The monoisotopic (exact) mass is 362 g/mol. The fourth-order valence-electron chi connectivity index (χ4n) is 2.38. The van der Waals surface area contributed by atoms with E-state index in [4.69, 9.17) is 0 Å². The molecule has 0 aliphatic heterocycles. The largest absolute Gasteiger partial charge is 0.273 e. The molecule has 2 aromatic rings. The number of hydrogen-bond donors (Lipinski definition) is 1. The third kappa shape index (κ3) is 5.37. The van der Waals surface area contributed by atoms with Crippen molar-refractivity contribution in [3.63, 3.8) is 0 Å². The maximum absolute atomic E-state index is 12.2. The number of nitro groups is 1. The van der Waals surface area contributed by atoms with Crippen LogP contribution in [0.2, 0.25) is 0 Å². The van der Waals surface area contributed by atoms with Crippen LogP contribution >= 0.6 is 0 Å². The molecule has 7 heteroatoms. The predicted molar refractivity (Wildman–Crippen MR) is 97.7 cm³/mol. The molecule has 2 rings (SSSR count). The second-order valence-corrected chi connectivity index (χ2v) is 8.72. The lowest BCUT2D eigenvalue weighted by atomic mass is 9.87. The molecule has 0 aliphatic rings. The van der Waals surface area contributed by atoms with E-state index in [1.165, 1.54) is 23.8 Å². The van der Waals surface area contributed by atoms with Crippen molar-refractivity contribution in [3.05, 3.63) is 75.3 Å².